The van der Waals surface area contributed by atoms with Crippen molar-refractivity contribution in [1.29, 1.82) is 0 Å². The Balaban J connectivity index is 1.25. The molecular weight excluding hydrogens is 605 g/mol. The van der Waals surface area contributed by atoms with Crippen molar-refractivity contribution < 1.29 is 27.4 Å². The van der Waals surface area contributed by atoms with E-state index in [-0.39, 0.29) is 11.7 Å². The lowest BCUT2D eigenvalue weighted by atomic mass is 10.0. The molecule has 0 aliphatic heterocycles. The predicted molar refractivity (Wildman–Crippen MR) is 166 cm³/mol. The van der Waals surface area contributed by atoms with Gasteiger partial charge in [0.15, 0.2) is 10.6 Å². The van der Waals surface area contributed by atoms with E-state index in [2.05, 4.69) is 38.7 Å². The number of rotatable bonds is 8. The second-order valence-electron chi connectivity index (χ2n) is 10.2. The van der Waals surface area contributed by atoms with Gasteiger partial charge in [-0.15, -0.1) is 29.6 Å². The maximum atomic E-state index is 12.7. The summed E-state index contributed by atoms with van der Waals surface area (Å²) in [5, 5.41) is 6.37. The van der Waals surface area contributed by atoms with Gasteiger partial charge in [0.05, 0.1) is 18.5 Å². The fraction of sp³-hybridized carbons (Fsp3) is 0.219. The normalized spacial score (nSPS) is 12.3. The highest BCUT2D eigenvalue weighted by Gasteiger charge is 2.31. The molecule has 0 spiro atoms. The van der Waals surface area contributed by atoms with Crippen LogP contribution in [0, 0.1) is 6.92 Å². The highest BCUT2D eigenvalue weighted by molar-refractivity contribution is 7.07. The average Bonchev–Trinajstić information content (AvgIpc) is 3.64. The summed E-state index contributed by atoms with van der Waals surface area (Å²) in [6.07, 6.45) is -1.34. The minimum atomic E-state index is -4.76. The van der Waals surface area contributed by atoms with Crippen LogP contribution in [-0.4, -0.2) is 45.0 Å². The van der Waals surface area contributed by atoms with E-state index in [1.807, 2.05) is 59.3 Å². The number of amides is 2. The van der Waals surface area contributed by atoms with E-state index in [1.165, 1.54) is 52.8 Å². The number of nitrogens with zero attached hydrogens (tertiary/aromatic N) is 6. The Morgan fingerprint density at radius 3 is 2.42 bits per heavy atom. The van der Waals surface area contributed by atoms with Crippen LogP contribution in [0.2, 0.25) is 0 Å². The monoisotopic (exact) mass is 634 g/mol. The highest BCUT2D eigenvalue weighted by Crippen LogP contribution is 2.28. The Morgan fingerprint density at radius 2 is 1.76 bits per heavy atom. The number of carbonyl (C=O) groups is 1. The predicted octanol–water partition coefficient (Wildman–Crippen LogP) is 7.46. The van der Waals surface area contributed by atoms with Gasteiger partial charge in [-0.3, -0.25) is 4.57 Å². The number of aromatic nitrogens is 4. The number of ether oxygens (including phenoxy) is 2. The average molecular weight is 635 g/mol. The standard InChI is InChI=1S/C32H29F3N6O3S/c1-20(2)27-17-26(43-4)13-14-28(27)41-21(3)18-45-31(41)38-30(42)36-16-15-22-5-7-23(8-6-22)29-37-19-40(39-29)24-9-11-25(12-10-24)44-32(33,34)35/h5-14,16-20H,15H2,1-4H3. The fourth-order valence-electron chi connectivity index (χ4n) is 4.54. The molecule has 9 nitrogen and oxygen atoms in total. The zero-order valence-electron chi connectivity index (χ0n) is 24.8. The van der Waals surface area contributed by atoms with Crippen molar-refractivity contribution in [1.82, 2.24) is 19.3 Å². The van der Waals surface area contributed by atoms with E-state index < -0.39 is 12.4 Å². The van der Waals surface area contributed by atoms with Gasteiger partial charge in [-0.1, -0.05) is 38.1 Å². The summed E-state index contributed by atoms with van der Waals surface area (Å²) in [5.74, 6) is 1.11. The molecule has 2 heterocycles. The number of alkyl halides is 3. The molecule has 0 aliphatic rings. The molecule has 2 aromatic heterocycles. The summed E-state index contributed by atoms with van der Waals surface area (Å²) < 4.78 is 49.9. The summed E-state index contributed by atoms with van der Waals surface area (Å²) in [5.41, 5.74) is 5.15. The molecule has 0 fully saturated rings. The van der Waals surface area contributed by atoms with Gasteiger partial charge in [0, 0.05) is 29.3 Å². The Morgan fingerprint density at radius 1 is 1.04 bits per heavy atom. The maximum absolute atomic E-state index is 12.7. The van der Waals surface area contributed by atoms with Crippen molar-refractivity contribution in [2.45, 2.75) is 39.5 Å². The molecule has 0 saturated carbocycles. The highest BCUT2D eigenvalue weighted by atomic mass is 32.1. The number of benzene rings is 3. The number of methoxy groups -OCH3 is 1. The summed E-state index contributed by atoms with van der Waals surface area (Å²) in [6, 6.07) is 18.0. The molecule has 2 amide bonds. The van der Waals surface area contributed by atoms with Crippen molar-refractivity contribution in [2.75, 3.05) is 7.11 Å². The third-order valence-corrected chi connectivity index (χ3v) is 7.68. The van der Waals surface area contributed by atoms with Gasteiger partial charge < -0.3 is 9.47 Å². The van der Waals surface area contributed by atoms with Gasteiger partial charge in [-0.05, 0) is 66.4 Å². The van der Waals surface area contributed by atoms with E-state index in [9.17, 15) is 18.0 Å². The molecule has 3 aromatic carbocycles. The number of thiazole rings is 1. The molecule has 0 atom stereocenters. The van der Waals surface area contributed by atoms with Gasteiger partial charge >= 0.3 is 12.4 Å². The molecule has 0 bridgehead atoms. The number of urea groups is 1. The van der Waals surface area contributed by atoms with Crippen molar-refractivity contribution in [2.24, 2.45) is 9.98 Å². The minimum absolute atomic E-state index is 0.226. The van der Waals surface area contributed by atoms with E-state index >= 15 is 0 Å². The number of carbonyl (C=O) groups excluding carboxylic acids is 1. The number of halogens is 3. The third-order valence-electron chi connectivity index (χ3n) is 6.74. The zero-order chi connectivity index (χ0) is 32.1. The van der Waals surface area contributed by atoms with Gasteiger partial charge in [-0.2, -0.15) is 4.99 Å². The van der Waals surface area contributed by atoms with Crippen LogP contribution in [0.4, 0.5) is 18.0 Å². The molecule has 0 radical (unpaired) electrons. The number of hydrogen-bond acceptors (Lipinski definition) is 6. The molecule has 13 heteroatoms. The molecule has 5 rings (SSSR count). The lowest BCUT2D eigenvalue weighted by Crippen LogP contribution is -2.17. The van der Waals surface area contributed by atoms with E-state index in [0.717, 1.165) is 33.8 Å². The van der Waals surface area contributed by atoms with Crippen LogP contribution in [0.5, 0.6) is 11.5 Å². The Kier molecular flexibility index (Phi) is 9.28. The Labute approximate surface area is 261 Å². The van der Waals surface area contributed by atoms with Gasteiger partial charge in [0.1, 0.15) is 17.8 Å². The molecule has 5 aromatic rings. The summed E-state index contributed by atoms with van der Waals surface area (Å²) >= 11 is 1.37. The summed E-state index contributed by atoms with van der Waals surface area (Å²) in [4.78, 5) is 25.8. The first-order valence-electron chi connectivity index (χ1n) is 13.8. The molecule has 0 N–H and O–H groups in total. The molecule has 0 unspecified atom stereocenters. The van der Waals surface area contributed by atoms with Crippen LogP contribution in [0.1, 0.15) is 36.6 Å². The van der Waals surface area contributed by atoms with Crippen molar-refractivity contribution in [3.05, 3.63) is 100 Å². The lowest BCUT2D eigenvalue weighted by Gasteiger charge is -2.16. The fourth-order valence-corrected chi connectivity index (χ4v) is 5.40. The van der Waals surface area contributed by atoms with Crippen molar-refractivity contribution in [3.63, 3.8) is 0 Å². The third kappa shape index (κ3) is 7.73. The first-order valence-corrected chi connectivity index (χ1v) is 14.7. The second-order valence-corrected chi connectivity index (χ2v) is 11.1. The maximum Gasteiger partial charge on any atom is 0.573 e. The Hall–Kier alpha value is -5.04. The van der Waals surface area contributed by atoms with Crippen molar-refractivity contribution in [3.8, 4) is 34.3 Å². The zero-order valence-corrected chi connectivity index (χ0v) is 25.6. The molecule has 0 saturated heterocycles. The second kappa shape index (κ2) is 13.3. The van der Waals surface area contributed by atoms with E-state index in [1.54, 1.807) is 7.11 Å². The quantitative estimate of drug-likeness (QED) is 0.165. The lowest BCUT2D eigenvalue weighted by molar-refractivity contribution is -0.274. The van der Waals surface area contributed by atoms with Gasteiger partial charge in [-0.25, -0.2) is 19.5 Å². The Bertz CT molecular complexity index is 1890. The first-order chi connectivity index (χ1) is 21.5. The van der Waals surface area contributed by atoms with E-state index in [0.29, 0.717) is 22.7 Å². The van der Waals surface area contributed by atoms with Crippen molar-refractivity contribution >= 4 is 23.6 Å². The van der Waals surface area contributed by atoms with E-state index in [4.69, 9.17) is 4.74 Å². The summed E-state index contributed by atoms with van der Waals surface area (Å²) in [6.45, 7) is 6.17. The minimum Gasteiger partial charge on any atom is -0.497 e. The van der Waals surface area contributed by atoms with Crippen LogP contribution >= 0.6 is 11.3 Å². The smallest absolute Gasteiger partial charge is 0.497 e. The number of aryl methyl sites for hydroxylation is 1. The molecule has 0 aliphatic carbocycles. The van der Waals surface area contributed by atoms with Crippen LogP contribution in [0.3, 0.4) is 0 Å². The van der Waals surface area contributed by atoms with Crippen LogP contribution in [-0.2, 0) is 6.42 Å². The summed E-state index contributed by atoms with van der Waals surface area (Å²) in [7, 11) is 1.63. The van der Waals surface area contributed by atoms with Crippen LogP contribution < -0.4 is 14.3 Å². The number of aliphatic imine (C=N–C) groups is 1. The first kappa shape index (κ1) is 31.4. The molecule has 45 heavy (non-hydrogen) atoms. The van der Waals surface area contributed by atoms with Gasteiger partial charge in [0.25, 0.3) is 0 Å². The SMILES string of the molecule is COc1ccc(-n2c(C)csc2=NC(=O)N=CCc2ccc(-c3ncn(-c4ccc(OC(F)(F)F)cc4)n3)cc2)c(C(C)C)c1. The van der Waals surface area contributed by atoms with Crippen LogP contribution in [0.15, 0.2) is 88.4 Å². The largest absolute Gasteiger partial charge is 0.573 e. The van der Waals surface area contributed by atoms with Crippen LogP contribution in [0.25, 0.3) is 22.8 Å². The number of hydrogen-bond donors (Lipinski definition) is 0. The molecular formula is C32H29F3N6O3S. The topological polar surface area (TPSA) is 95.9 Å². The van der Waals surface area contributed by atoms with Gasteiger partial charge in [0.2, 0.25) is 0 Å². The molecule has 232 valence electrons.